The predicted octanol–water partition coefficient (Wildman–Crippen LogP) is 0.179. The zero-order valence-electron chi connectivity index (χ0n) is 10.8. The summed E-state index contributed by atoms with van der Waals surface area (Å²) in [4.78, 5) is 23.3. The van der Waals surface area contributed by atoms with Crippen molar-refractivity contribution in [2.75, 3.05) is 32.0 Å². The predicted molar refractivity (Wildman–Crippen MR) is 62.6 cm³/mol. The van der Waals surface area contributed by atoms with Crippen molar-refractivity contribution in [3.05, 3.63) is 0 Å². The number of halogens is 3. The third-order valence-corrected chi connectivity index (χ3v) is 5.05. The molecule has 0 saturated carbocycles. The van der Waals surface area contributed by atoms with Crippen LogP contribution in [0, 0.1) is 5.92 Å². The molecule has 2 aliphatic heterocycles. The van der Waals surface area contributed by atoms with Gasteiger partial charge in [-0.2, -0.15) is 13.2 Å². The number of imide groups is 1. The van der Waals surface area contributed by atoms with E-state index in [4.69, 9.17) is 0 Å². The molecule has 7 nitrogen and oxygen atoms in total. The zero-order valence-corrected chi connectivity index (χ0v) is 11.6. The maximum Gasteiger partial charge on any atom is 0.417 e. The van der Waals surface area contributed by atoms with E-state index < -0.39 is 40.4 Å². The molecule has 0 atom stereocenters. The summed E-state index contributed by atoms with van der Waals surface area (Å²) in [5.74, 6) is -1.77. The highest BCUT2D eigenvalue weighted by atomic mass is 32.2. The maximum atomic E-state index is 12.0. The Labute approximate surface area is 118 Å². The molecule has 0 N–H and O–H groups in total. The fourth-order valence-electron chi connectivity index (χ4n) is 2.05. The van der Waals surface area contributed by atoms with Crippen LogP contribution in [0.5, 0.6) is 0 Å². The van der Waals surface area contributed by atoms with Crippen LogP contribution in [-0.2, 0) is 19.6 Å². The van der Waals surface area contributed by atoms with E-state index in [-0.39, 0.29) is 32.2 Å². The van der Waals surface area contributed by atoms with E-state index in [0.717, 1.165) is 9.21 Å². The number of nitrogens with zero attached hydrogens (tertiary/aromatic N) is 2. The molecule has 21 heavy (non-hydrogen) atoms. The van der Waals surface area contributed by atoms with Crippen LogP contribution in [0.4, 0.5) is 18.0 Å². The van der Waals surface area contributed by atoms with Crippen molar-refractivity contribution in [1.29, 1.82) is 0 Å². The monoisotopic (exact) mass is 330 g/mol. The van der Waals surface area contributed by atoms with Gasteiger partial charge in [0.2, 0.25) is 10.0 Å². The number of alkyl halides is 3. The SMILES string of the molecule is O=C1COC(=O)N1CC1CN(S(=O)(=O)CCC(F)(F)F)C1. The molecule has 2 rings (SSSR count). The van der Waals surface area contributed by atoms with Crippen LogP contribution in [0.1, 0.15) is 6.42 Å². The second-order valence-corrected chi connectivity index (χ2v) is 7.01. The lowest BCUT2D eigenvalue weighted by molar-refractivity contribution is -0.130. The Hall–Kier alpha value is -1.36. The molecule has 2 saturated heterocycles. The molecule has 0 aromatic heterocycles. The van der Waals surface area contributed by atoms with E-state index in [1.807, 2.05) is 0 Å². The van der Waals surface area contributed by atoms with E-state index in [2.05, 4.69) is 4.74 Å². The van der Waals surface area contributed by atoms with Gasteiger partial charge in [-0.1, -0.05) is 0 Å². The molecule has 0 aromatic rings. The van der Waals surface area contributed by atoms with Gasteiger partial charge < -0.3 is 4.74 Å². The van der Waals surface area contributed by atoms with Crippen molar-refractivity contribution in [3.63, 3.8) is 0 Å². The van der Waals surface area contributed by atoms with Gasteiger partial charge >= 0.3 is 12.3 Å². The largest absolute Gasteiger partial charge is 0.439 e. The van der Waals surface area contributed by atoms with Gasteiger partial charge in [-0.05, 0) is 0 Å². The van der Waals surface area contributed by atoms with Crippen LogP contribution in [0.3, 0.4) is 0 Å². The average molecular weight is 330 g/mol. The van der Waals surface area contributed by atoms with Crippen LogP contribution < -0.4 is 0 Å². The summed E-state index contributed by atoms with van der Waals surface area (Å²) < 4.78 is 64.8. The molecule has 0 radical (unpaired) electrons. The van der Waals surface area contributed by atoms with E-state index in [1.54, 1.807) is 0 Å². The number of hydrogen-bond acceptors (Lipinski definition) is 5. The van der Waals surface area contributed by atoms with Crippen molar-refractivity contribution < 1.29 is 35.9 Å². The van der Waals surface area contributed by atoms with Crippen molar-refractivity contribution in [1.82, 2.24) is 9.21 Å². The van der Waals surface area contributed by atoms with Crippen molar-refractivity contribution in [2.45, 2.75) is 12.6 Å². The second kappa shape index (κ2) is 5.44. The van der Waals surface area contributed by atoms with Gasteiger partial charge in [0.15, 0.2) is 6.61 Å². The highest BCUT2D eigenvalue weighted by molar-refractivity contribution is 7.89. The number of ether oxygens (including phenoxy) is 1. The Morgan fingerprint density at radius 1 is 1.24 bits per heavy atom. The van der Waals surface area contributed by atoms with Gasteiger partial charge in [0.25, 0.3) is 5.91 Å². The topological polar surface area (TPSA) is 84.0 Å². The quantitative estimate of drug-likeness (QED) is 0.718. The highest BCUT2D eigenvalue weighted by Crippen LogP contribution is 2.26. The minimum absolute atomic E-state index is 0.00273. The number of amides is 2. The molecule has 2 aliphatic rings. The fourth-order valence-corrected chi connectivity index (χ4v) is 3.68. The lowest BCUT2D eigenvalue weighted by Crippen LogP contribution is -2.55. The molecule has 120 valence electrons. The van der Waals surface area contributed by atoms with Crippen LogP contribution in [0.2, 0.25) is 0 Å². The Bertz CT molecular complexity index is 525. The summed E-state index contributed by atoms with van der Waals surface area (Å²) in [5.41, 5.74) is 0. The zero-order chi connectivity index (χ0) is 15.8. The average Bonchev–Trinajstić information content (AvgIpc) is 2.60. The number of carbonyl (C=O) groups is 2. The minimum Gasteiger partial charge on any atom is -0.439 e. The Morgan fingerprint density at radius 3 is 2.33 bits per heavy atom. The smallest absolute Gasteiger partial charge is 0.417 e. The Kier molecular flexibility index (Phi) is 4.15. The minimum atomic E-state index is -4.52. The van der Waals surface area contributed by atoms with Crippen LogP contribution in [-0.4, -0.2) is 67.8 Å². The molecular weight excluding hydrogens is 317 g/mol. The first-order valence-corrected chi connectivity index (χ1v) is 7.71. The standard InChI is InChI=1S/C10H13F3N2O5S/c11-10(12,13)1-2-21(18,19)14-3-7(4-14)5-15-8(16)6-20-9(15)17/h7H,1-6H2. The van der Waals surface area contributed by atoms with Gasteiger partial charge in [0, 0.05) is 25.6 Å². The number of cyclic esters (lactones) is 1. The van der Waals surface area contributed by atoms with E-state index in [1.165, 1.54) is 0 Å². The van der Waals surface area contributed by atoms with E-state index in [0.29, 0.717) is 0 Å². The summed E-state index contributed by atoms with van der Waals surface area (Å²) in [5, 5.41) is 0. The molecule has 0 bridgehead atoms. The van der Waals surface area contributed by atoms with E-state index in [9.17, 15) is 31.2 Å². The molecule has 0 spiro atoms. The molecule has 2 heterocycles. The fraction of sp³-hybridized carbons (Fsp3) is 0.800. The number of sulfonamides is 1. The first-order chi connectivity index (χ1) is 9.58. The number of carbonyl (C=O) groups excluding carboxylic acids is 2. The number of hydrogen-bond donors (Lipinski definition) is 0. The van der Waals surface area contributed by atoms with Crippen LogP contribution >= 0.6 is 0 Å². The third-order valence-electron chi connectivity index (χ3n) is 3.24. The Morgan fingerprint density at radius 2 is 1.86 bits per heavy atom. The summed E-state index contributed by atoms with van der Waals surface area (Å²) in [6.07, 6.45) is -6.70. The van der Waals surface area contributed by atoms with E-state index >= 15 is 0 Å². The first-order valence-electron chi connectivity index (χ1n) is 6.10. The lowest BCUT2D eigenvalue weighted by Gasteiger charge is -2.39. The van der Waals surface area contributed by atoms with Crippen LogP contribution in [0.15, 0.2) is 0 Å². The molecule has 2 amide bonds. The summed E-state index contributed by atoms with van der Waals surface area (Å²) in [6, 6.07) is 0. The summed E-state index contributed by atoms with van der Waals surface area (Å²) >= 11 is 0. The molecule has 0 unspecified atom stereocenters. The van der Waals surface area contributed by atoms with Gasteiger partial charge in [-0.15, -0.1) is 0 Å². The summed E-state index contributed by atoms with van der Waals surface area (Å²) in [7, 11) is -3.96. The third kappa shape index (κ3) is 3.84. The van der Waals surface area contributed by atoms with Gasteiger partial charge in [0.05, 0.1) is 12.2 Å². The Balaban J connectivity index is 1.80. The van der Waals surface area contributed by atoms with Crippen molar-refractivity contribution in [3.8, 4) is 0 Å². The number of rotatable bonds is 5. The van der Waals surface area contributed by atoms with Gasteiger partial charge in [0.1, 0.15) is 0 Å². The molecular formula is C10H13F3N2O5S. The molecule has 11 heteroatoms. The van der Waals surface area contributed by atoms with Gasteiger partial charge in [-0.3, -0.25) is 4.79 Å². The first kappa shape index (κ1) is 16.0. The summed E-state index contributed by atoms with van der Waals surface area (Å²) in [6.45, 7) is -0.323. The molecule has 2 fully saturated rings. The second-order valence-electron chi connectivity index (χ2n) is 4.92. The molecule has 0 aliphatic carbocycles. The van der Waals surface area contributed by atoms with Gasteiger partial charge in [-0.25, -0.2) is 22.4 Å². The van der Waals surface area contributed by atoms with Crippen LogP contribution in [0.25, 0.3) is 0 Å². The highest BCUT2D eigenvalue weighted by Gasteiger charge is 2.41. The van der Waals surface area contributed by atoms with Crippen molar-refractivity contribution >= 4 is 22.0 Å². The molecule has 0 aromatic carbocycles. The normalized spacial score (nSPS) is 21.6. The van der Waals surface area contributed by atoms with Crippen molar-refractivity contribution in [2.24, 2.45) is 5.92 Å². The lowest BCUT2D eigenvalue weighted by atomic mass is 10.0. The maximum absolute atomic E-state index is 12.0.